The number of ether oxygens (including phenoxy) is 1. The maximum Gasteiger partial charge on any atom is 0.220 e. The number of halogens is 1. The van der Waals surface area contributed by atoms with Gasteiger partial charge in [0.05, 0.1) is 0 Å². The van der Waals surface area contributed by atoms with Gasteiger partial charge in [-0.2, -0.15) is 0 Å². The summed E-state index contributed by atoms with van der Waals surface area (Å²) in [5.74, 6) is -0.609. The van der Waals surface area contributed by atoms with E-state index in [1.54, 1.807) is 12.1 Å². The SMILES string of the molecule is NC(=O)C1CCN(CC(O)COc2ccccc2F)CC1. The van der Waals surface area contributed by atoms with Gasteiger partial charge in [-0.1, -0.05) is 12.1 Å². The van der Waals surface area contributed by atoms with Crippen LogP contribution in [0.3, 0.4) is 0 Å². The normalized spacial score (nSPS) is 18.4. The van der Waals surface area contributed by atoms with Crippen molar-refractivity contribution in [1.29, 1.82) is 0 Å². The molecule has 1 heterocycles. The highest BCUT2D eigenvalue weighted by molar-refractivity contribution is 5.76. The lowest BCUT2D eigenvalue weighted by Crippen LogP contribution is -2.43. The number of nitrogens with zero attached hydrogens (tertiary/aromatic N) is 1. The molecule has 0 spiro atoms. The first kappa shape index (κ1) is 15.7. The van der Waals surface area contributed by atoms with E-state index in [0.29, 0.717) is 6.54 Å². The highest BCUT2D eigenvalue weighted by Gasteiger charge is 2.24. The second-order valence-electron chi connectivity index (χ2n) is 5.37. The number of carbonyl (C=O) groups is 1. The van der Waals surface area contributed by atoms with Crippen molar-refractivity contribution in [1.82, 2.24) is 4.90 Å². The van der Waals surface area contributed by atoms with E-state index >= 15 is 0 Å². The van der Waals surface area contributed by atoms with Crippen LogP contribution in [-0.2, 0) is 4.79 Å². The van der Waals surface area contributed by atoms with Crippen LogP contribution in [0.1, 0.15) is 12.8 Å². The Labute approximate surface area is 123 Å². The summed E-state index contributed by atoms with van der Waals surface area (Å²) < 4.78 is 18.6. The first-order valence-corrected chi connectivity index (χ1v) is 7.13. The van der Waals surface area contributed by atoms with Crippen LogP contribution in [0.4, 0.5) is 4.39 Å². The summed E-state index contributed by atoms with van der Waals surface area (Å²) in [6, 6.07) is 6.11. The lowest BCUT2D eigenvalue weighted by Gasteiger charge is -2.31. The third kappa shape index (κ3) is 4.68. The molecule has 0 radical (unpaired) electrons. The van der Waals surface area contributed by atoms with Gasteiger partial charge in [0.15, 0.2) is 11.6 Å². The van der Waals surface area contributed by atoms with E-state index < -0.39 is 11.9 Å². The molecule has 3 N–H and O–H groups in total. The molecule has 1 aliphatic rings. The molecule has 1 atom stereocenters. The van der Waals surface area contributed by atoms with Gasteiger partial charge in [-0.3, -0.25) is 4.79 Å². The number of rotatable bonds is 6. The van der Waals surface area contributed by atoms with Gasteiger partial charge < -0.3 is 20.5 Å². The maximum atomic E-state index is 13.4. The van der Waals surface area contributed by atoms with Crippen molar-refractivity contribution in [3.05, 3.63) is 30.1 Å². The lowest BCUT2D eigenvalue weighted by atomic mass is 9.96. The summed E-state index contributed by atoms with van der Waals surface area (Å²) >= 11 is 0. The predicted molar refractivity (Wildman–Crippen MR) is 76.3 cm³/mol. The Morgan fingerprint density at radius 1 is 1.43 bits per heavy atom. The van der Waals surface area contributed by atoms with E-state index in [0.717, 1.165) is 25.9 Å². The number of likely N-dealkylation sites (tertiary alicyclic amines) is 1. The van der Waals surface area contributed by atoms with Gasteiger partial charge in [-0.15, -0.1) is 0 Å². The first-order chi connectivity index (χ1) is 10.1. The van der Waals surface area contributed by atoms with Crippen LogP contribution in [0, 0.1) is 11.7 Å². The quantitative estimate of drug-likeness (QED) is 0.813. The van der Waals surface area contributed by atoms with Crippen LogP contribution in [0.25, 0.3) is 0 Å². The molecule has 0 saturated carbocycles. The van der Waals surface area contributed by atoms with Crippen LogP contribution in [0.2, 0.25) is 0 Å². The number of benzene rings is 1. The van der Waals surface area contributed by atoms with Crippen molar-refractivity contribution >= 4 is 5.91 Å². The number of amides is 1. The van der Waals surface area contributed by atoms with Gasteiger partial charge in [0, 0.05) is 12.5 Å². The van der Waals surface area contributed by atoms with E-state index in [9.17, 15) is 14.3 Å². The van der Waals surface area contributed by atoms with E-state index in [-0.39, 0.29) is 24.2 Å². The number of β-amino-alcohol motifs (C(OH)–C–C–N with tert-alkyl or cyclic N) is 1. The summed E-state index contributed by atoms with van der Waals surface area (Å²) in [4.78, 5) is 13.1. The van der Waals surface area contributed by atoms with Crippen LogP contribution in [0.15, 0.2) is 24.3 Å². The summed E-state index contributed by atoms with van der Waals surface area (Å²) in [5.41, 5.74) is 5.28. The monoisotopic (exact) mass is 296 g/mol. The van der Waals surface area contributed by atoms with Gasteiger partial charge in [0.25, 0.3) is 0 Å². The molecule has 2 rings (SSSR count). The zero-order chi connectivity index (χ0) is 15.2. The van der Waals surface area contributed by atoms with Crippen molar-refractivity contribution in [2.75, 3.05) is 26.2 Å². The minimum Gasteiger partial charge on any atom is -0.488 e. The summed E-state index contributed by atoms with van der Waals surface area (Å²) in [6.45, 7) is 1.94. The smallest absolute Gasteiger partial charge is 0.220 e. The van der Waals surface area contributed by atoms with E-state index in [2.05, 4.69) is 4.90 Å². The third-order valence-electron chi connectivity index (χ3n) is 3.73. The van der Waals surface area contributed by atoms with Crippen molar-refractivity contribution in [3.63, 3.8) is 0 Å². The van der Waals surface area contributed by atoms with Gasteiger partial charge in [0.2, 0.25) is 5.91 Å². The maximum absolute atomic E-state index is 13.4. The molecule has 0 aliphatic carbocycles. The fraction of sp³-hybridized carbons (Fsp3) is 0.533. The molecule has 1 saturated heterocycles. The fourth-order valence-electron chi connectivity index (χ4n) is 2.50. The van der Waals surface area contributed by atoms with Crippen LogP contribution >= 0.6 is 0 Å². The number of carbonyl (C=O) groups excluding carboxylic acids is 1. The molecule has 21 heavy (non-hydrogen) atoms. The molecular weight excluding hydrogens is 275 g/mol. The van der Waals surface area contributed by atoms with Gasteiger partial charge >= 0.3 is 0 Å². The highest BCUT2D eigenvalue weighted by Crippen LogP contribution is 2.18. The summed E-state index contributed by atoms with van der Waals surface area (Å²) in [5, 5.41) is 9.95. The lowest BCUT2D eigenvalue weighted by molar-refractivity contribution is -0.123. The van der Waals surface area contributed by atoms with E-state index in [1.165, 1.54) is 12.1 Å². The summed E-state index contributed by atoms with van der Waals surface area (Å²) in [7, 11) is 0. The molecule has 0 bridgehead atoms. The third-order valence-corrected chi connectivity index (χ3v) is 3.73. The second kappa shape index (κ2) is 7.38. The molecular formula is C15H21FN2O3. The van der Waals surface area contributed by atoms with E-state index in [4.69, 9.17) is 10.5 Å². The second-order valence-corrected chi connectivity index (χ2v) is 5.37. The molecule has 116 valence electrons. The minimum absolute atomic E-state index is 0.0384. The number of piperidine rings is 1. The van der Waals surface area contributed by atoms with Crippen molar-refractivity contribution < 1.29 is 19.0 Å². The molecule has 1 fully saturated rings. The Morgan fingerprint density at radius 2 is 2.10 bits per heavy atom. The predicted octanol–water partition coefficient (Wildman–Crippen LogP) is 0.763. The fourth-order valence-corrected chi connectivity index (χ4v) is 2.50. The molecule has 1 amide bonds. The standard InChI is InChI=1S/C15H21FN2O3/c16-13-3-1-2-4-14(13)21-10-12(19)9-18-7-5-11(6-8-18)15(17)20/h1-4,11-12,19H,5-10H2,(H2,17,20). The number of nitrogens with two attached hydrogens (primary N) is 1. The van der Waals surface area contributed by atoms with Gasteiger partial charge in [0.1, 0.15) is 12.7 Å². The number of primary amides is 1. The van der Waals surface area contributed by atoms with Crippen molar-refractivity contribution in [3.8, 4) is 5.75 Å². The zero-order valence-corrected chi connectivity index (χ0v) is 11.9. The molecule has 1 aromatic rings. The molecule has 1 aromatic carbocycles. The van der Waals surface area contributed by atoms with Crippen LogP contribution in [0.5, 0.6) is 5.75 Å². The van der Waals surface area contributed by atoms with Gasteiger partial charge in [-0.05, 0) is 38.1 Å². The average Bonchev–Trinajstić information content (AvgIpc) is 2.47. The number of para-hydroxylation sites is 1. The Hall–Kier alpha value is -1.66. The molecule has 6 heteroatoms. The Morgan fingerprint density at radius 3 is 2.71 bits per heavy atom. The zero-order valence-electron chi connectivity index (χ0n) is 11.9. The Bertz CT molecular complexity index is 476. The molecule has 1 unspecified atom stereocenters. The van der Waals surface area contributed by atoms with Crippen molar-refractivity contribution in [2.24, 2.45) is 11.7 Å². The van der Waals surface area contributed by atoms with Gasteiger partial charge in [-0.25, -0.2) is 4.39 Å². The number of hydrogen-bond donors (Lipinski definition) is 2. The highest BCUT2D eigenvalue weighted by atomic mass is 19.1. The van der Waals surface area contributed by atoms with Crippen LogP contribution in [-0.4, -0.2) is 48.3 Å². The topological polar surface area (TPSA) is 75.8 Å². The van der Waals surface area contributed by atoms with Crippen LogP contribution < -0.4 is 10.5 Å². The molecule has 5 nitrogen and oxygen atoms in total. The summed E-state index contributed by atoms with van der Waals surface area (Å²) in [6.07, 6.45) is 0.738. The van der Waals surface area contributed by atoms with Crippen molar-refractivity contribution in [2.45, 2.75) is 18.9 Å². The minimum atomic E-state index is -0.699. The first-order valence-electron chi connectivity index (χ1n) is 7.13. The number of aliphatic hydroxyl groups excluding tert-OH is 1. The molecule has 0 aromatic heterocycles. The largest absolute Gasteiger partial charge is 0.488 e. The Balaban J connectivity index is 1.72. The number of hydrogen-bond acceptors (Lipinski definition) is 4. The number of aliphatic hydroxyl groups is 1. The average molecular weight is 296 g/mol. The Kier molecular flexibility index (Phi) is 5.52. The molecule has 1 aliphatic heterocycles. The van der Waals surface area contributed by atoms with E-state index in [1.807, 2.05) is 0 Å².